The zero-order chi connectivity index (χ0) is 7.78. The van der Waals surface area contributed by atoms with Gasteiger partial charge in [-0.05, 0) is 6.42 Å². The molecule has 4 nitrogen and oxygen atoms in total. The number of carbonyl (C=O) groups is 1. The van der Waals surface area contributed by atoms with Gasteiger partial charge in [-0.2, -0.15) is 0 Å². The zero-order valence-electron chi connectivity index (χ0n) is 5.67. The van der Waals surface area contributed by atoms with Crippen LogP contribution in [-0.4, -0.2) is 22.7 Å². The van der Waals surface area contributed by atoms with Crippen molar-refractivity contribution in [3.8, 4) is 0 Å². The van der Waals surface area contributed by atoms with E-state index in [0.717, 1.165) is 6.42 Å². The smallest absolute Gasteiger partial charge is 0.121 e. The van der Waals surface area contributed by atoms with Crippen LogP contribution < -0.4 is 10.8 Å². The van der Waals surface area contributed by atoms with Gasteiger partial charge in [-0.25, -0.2) is 0 Å². The first-order valence-electron chi connectivity index (χ1n) is 3.30. The second kappa shape index (κ2) is 2.21. The highest BCUT2D eigenvalue weighted by Gasteiger charge is 2.45. The number of quaternary nitrogens is 1. The molecule has 10 heavy (non-hydrogen) atoms. The van der Waals surface area contributed by atoms with Crippen LogP contribution in [0.25, 0.3) is 0 Å². The molecule has 0 radical (unpaired) electrons. The zero-order valence-corrected chi connectivity index (χ0v) is 5.67. The van der Waals surface area contributed by atoms with Crippen molar-refractivity contribution in [2.24, 2.45) is 0 Å². The van der Waals surface area contributed by atoms with Crippen LogP contribution in [0.15, 0.2) is 0 Å². The minimum atomic E-state index is -1.20. The lowest BCUT2D eigenvalue weighted by Gasteiger charge is -2.40. The van der Waals surface area contributed by atoms with Crippen molar-refractivity contribution in [2.45, 2.75) is 30.9 Å². The second-order valence-electron chi connectivity index (χ2n) is 2.89. The highest BCUT2D eigenvalue weighted by Crippen LogP contribution is 2.31. The van der Waals surface area contributed by atoms with E-state index in [0.29, 0.717) is 6.42 Å². The molecule has 0 aromatic carbocycles. The van der Waals surface area contributed by atoms with Gasteiger partial charge in [0.1, 0.15) is 11.6 Å². The Morgan fingerprint density at radius 1 is 1.90 bits per heavy atom. The molecule has 1 fully saturated rings. The van der Waals surface area contributed by atoms with Crippen molar-refractivity contribution in [1.29, 1.82) is 0 Å². The summed E-state index contributed by atoms with van der Waals surface area (Å²) in [7, 11) is 0. The van der Waals surface area contributed by atoms with E-state index in [1.165, 1.54) is 0 Å². The molecule has 4 N–H and O–H groups in total. The number of hydrogen-bond donors (Lipinski definition) is 2. The molecule has 0 heterocycles. The minimum Gasteiger partial charge on any atom is -0.550 e. The summed E-state index contributed by atoms with van der Waals surface area (Å²) in [5.41, 5.74) is 2.54. The number of carboxylic acids is 1. The van der Waals surface area contributed by atoms with Crippen LogP contribution in [0.5, 0.6) is 0 Å². The van der Waals surface area contributed by atoms with E-state index in [-0.39, 0.29) is 12.5 Å². The maximum atomic E-state index is 10.1. The molecule has 0 bridgehead atoms. The number of aliphatic carboxylic acids is 1. The Labute approximate surface area is 58.6 Å². The number of hydrogen-bond acceptors (Lipinski definition) is 3. The summed E-state index contributed by atoms with van der Waals surface area (Å²) < 4.78 is 0. The lowest BCUT2D eigenvalue weighted by Crippen LogP contribution is -2.77. The molecule has 2 atom stereocenters. The van der Waals surface area contributed by atoms with Gasteiger partial charge in [0.15, 0.2) is 0 Å². The molecule has 1 aliphatic rings. The lowest BCUT2D eigenvalue weighted by molar-refractivity contribution is -0.481. The fourth-order valence-corrected chi connectivity index (χ4v) is 1.16. The highest BCUT2D eigenvalue weighted by atomic mass is 16.4. The number of rotatable bonds is 2. The van der Waals surface area contributed by atoms with E-state index >= 15 is 0 Å². The van der Waals surface area contributed by atoms with Crippen molar-refractivity contribution in [3.05, 3.63) is 0 Å². The van der Waals surface area contributed by atoms with Gasteiger partial charge in [0.25, 0.3) is 0 Å². The molecule has 0 spiro atoms. The van der Waals surface area contributed by atoms with Crippen LogP contribution in [0.3, 0.4) is 0 Å². The highest BCUT2D eigenvalue weighted by molar-refractivity contribution is 5.66. The summed E-state index contributed by atoms with van der Waals surface area (Å²) in [6.07, 6.45) is 1.07. The molecule has 0 amide bonds. The Morgan fingerprint density at radius 2 is 2.50 bits per heavy atom. The van der Waals surface area contributed by atoms with Crippen LogP contribution in [-0.2, 0) is 4.79 Å². The van der Waals surface area contributed by atoms with Crippen LogP contribution >= 0.6 is 0 Å². The van der Waals surface area contributed by atoms with Crippen LogP contribution in [0.2, 0.25) is 0 Å². The van der Waals surface area contributed by atoms with E-state index in [9.17, 15) is 15.0 Å². The molecule has 1 saturated carbocycles. The Hall–Kier alpha value is -0.610. The van der Waals surface area contributed by atoms with E-state index in [1.54, 1.807) is 0 Å². The Kier molecular flexibility index (Phi) is 1.66. The fraction of sp³-hybridized carbons (Fsp3) is 0.833. The fourth-order valence-electron chi connectivity index (χ4n) is 1.16. The van der Waals surface area contributed by atoms with Crippen molar-refractivity contribution < 1.29 is 20.7 Å². The molecular weight excluding hydrogens is 134 g/mol. The predicted molar refractivity (Wildman–Crippen MR) is 30.5 cm³/mol. The normalized spacial score (nSPS) is 38.8. The first-order valence-corrected chi connectivity index (χ1v) is 3.30. The van der Waals surface area contributed by atoms with E-state index in [1.807, 2.05) is 0 Å². The van der Waals surface area contributed by atoms with Gasteiger partial charge in [0.2, 0.25) is 0 Å². The number of aliphatic hydroxyl groups is 1. The van der Waals surface area contributed by atoms with E-state index in [2.05, 4.69) is 5.73 Å². The SMILES string of the molecule is [NH3+][C@H]1CC[C@]1(O)CC(=O)[O-]. The second-order valence-corrected chi connectivity index (χ2v) is 2.89. The summed E-state index contributed by atoms with van der Waals surface area (Å²) in [5.74, 6) is -1.20. The average Bonchev–Trinajstić information content (AvgIpc) is 1.84. The summed E-state index contributed by atoms with van der Waals surface area (Å²) in [6, 6.07) is -0.134. The van der Waals surface area contributed by atoms with Gasteiger partial charge < -0.3 is 20.7 Å². The van der Waals surface area contributed by atoms with Crippen LogP contribution in [0.1, 0.15) is 19.3 Å². The Morgan fingerprint density at radius 3 is 2.60 bits per heavy atom. The third-order valence-corrected chi connectivity index (χ3v) is 2.14. The molecule has 1 aliphatic carbocycles. The van der Waals surface area contributed by atoms with Crippen molar-refractivity contribution >= 4 is 5.97 Å². The van der Waals surface area contributed by atoms with Crippen LogP contribution in [0.4, 0.5) is 0 Å². The minimum absolute atomic E-state index is 0.134. The van der Waals surface area contributed by atoms with Crippen molar-refractivity contribution in [3.63, 3.8) is 0 Å². The largest absolute Gasteiger partial charge is 0.550 e. The van der Waals surface area contributed by atoms with Crippen molar-refractivity contribution in [1.82, 2.24) is 0 Å². The van der Waals surface area contributed by atoms with E-state index < -0.39 is 11.6 Å². The number of carbonyl (C=O) groups excluding carboxylic acids is 1. The van der Waals surface area contributed by atoms with Gasteiger partial charge in [0, 0.05) is 18.8 Å². The van der Waals surface area contributed by atoms with E-state index in [4.69, 9.17) is 0 Å². The molecule has 0 unspecified atom stereocenters. The first-order chi connectivity index (χ1) is 4.54. The third-order valence-electron chi connectivity index (χ3n) is 2.14. The molecular formula is C6H11NO3. The average molecular weight is 145 g/mol. The Balaban J connectivity index is 2.45. The van der Waals surface area contributed by atoms with Gasteiger partial charge in [-0.1, -0.05) is 0 Å². The summed E-state index contributed by atoms with van der Waals surface area (Å²) in [6.45, 7) is 0. The van der Waals surface area contributed by atoms with Gasteiger partial charge in [0.05, 0.1) is 0 Å². The maximum absolute atomic E-state index is 10.1. The van der Waals surface area contributed by atoms with Crippen molar-refractivity contribution in [2.75, 3.05) is 0 Å². The summed E-state index contributed by atoms with van der Waals surface area (Å²) in [4.78, 5) is 10.1. The summed E-state index contributed by atoms with van der Waals surface area (Å²) >= 11 is 0. The quantitative estimate of drug-likeness (QED) is 0.442. The molecule has 0 aliphatic heterocycles. The first kappa shape index (κ1) is 7.50. The van der Waals surface area contributed by atoms with Gasteiger partial charge in [-0.15, -0.1) is 0 Å². The molecule has 0 saturated heterocycles. The molecule has 58 valence electrons. The lowest BCUT2D eigenvalue weighted by atomic mass is 9.73. The molecule has 1 rings (SSSR count). The molecule has 0 aromatic rings. The maximum Gasteiger partial charge on any atom is 0.121 e. The third kappa shape index (κ3) is 1.12. The van der Waals surface area contributed by atoms with Gasteiger partial charge in [-0.3, -0.25) is 0 Å². The predicted octanol–water partition coefficient (Wildman–Crippen LogP) is -2.74. The van der Waals surface area contributed by atoms with Crippen LogP contribution in [0, 0.1) is 0 Å². The standard InChI is InChI=1S/C6H11NO3/c7-4-1-2-6(4,10)3-5(8)9/h4,10H,1-3,7H2,(H,8,9)/t4-,6-/m0/s1. The number of carboxylic acid groups (broad SMARTS) is 1. The molecule has 0 aromatic heterocycles. The van der Waals surface area contributed by atoms with Gasteiger partial charge >= 0.3 is 0 Å². The Bertz CT molecular complexity index is 159. The summed E-state index contributed by atoms with van der Waals surface area (Å²) in [5, 5.41) is 19.4. The molecule has 4 heteroatoms. The monoisotopic (exact) mass is 145 g/mol. The topological polar surface area (TPSA) is 88.0 Å².